The van der Waals surface area contributed by atoms with Gasteiger partial charge in [0.05, 0.1) is 13.7 Å². The standard InChI is InChI=1S/C21H24O5/c1-21(2)7-6-15-19(26-21)10-18-16(20(15)24-3)8-12(11-25-18)14-5-4-13(22)9-17(14)23/h4-5,9-10,12,22-23H,6-8,11H2,1-3H3. The van der Waals surface area contributed by atoms with E-state index in [1.807, 2.05) is 6.07 Å². The molecule has 2 aliphatic heterocycles. The first-order valence-corrected chi connectivity index (χ1v) is 8.94. The van der Waals surface area contributed by atoms with Gasteiger partial charge in [-0.2, -0.15) is 0 Å². The van der Waals surface area contributed by atoms with Crippen molar-refractivity contribution in [2.45, 2.75) is 44.6 Å². The molecule has 0 aromatic heterocycles. The number of aromatic hydroxyl groups is 2. The maximum Gasteiger partial charge on any atom is 0.132 e. The third-order valence-electron chi connectivity index (χ3n) is 5.32. The maximum atomic E-state index is 10.2. The number of ether oxygens (including phenoxy) is 3. The highest BCUT2D eigenvalue weighted by Gasteiger charge is 2.34. The average molecular weight is 356 g/mol. The van der Waals surface area contributed by atoms with Gasteiger partial charge in [0.2, 0.25) is 0 Å². The van der Waals surface area contributed by atoms with Crippen LogP contribution in [0.15, 0.2) is 24.3 Å². The molecular formula is C21H24O5. The van der Waals surface area contributed by atoms with Gasteiger partial charge in [-0.25, -0.2) is 0 Å². The Bertz CT molecular complexity index is 856. The third-order valence-corrected chi connectivity index (χ3v) is 5.32. The Morgan fingerprint density at radius 2 is 1.92 bits per heavy atom. The van der Waals surface area contributed by atoms with Crippen molar-refractivity contribution in [3.63, 3.8) is 0 Å². The zero-order valence-electron chi connectivity index (χ0n) is 15.3. The molecule has 0 bridgehead atoms. The van der Waals surface area contributed by atoms with Crippen LogP contribution < -0.4 is 14.2 Å². The number of phenols is 2. The Morgan fingerprint density at radius 3 is 2.65 bits per heavy atom. The fraction of sp³-hybridized carbons (Fsp3) is 0.429. The monoisotopic (exact) mass is 356 g/mol. The van der Waals surface area contributed by atoms with Crippen LogP contribution in [0.2, 0.25) is 0 Å². The Balaban J connectivity index is 1.73. The van der Waals surface area contributed by atoms with Crippen molar-refractivity contribution in [1.82, 2.24) is 0 Å². The van der Waals surface area contributed by atoms with Gasteiger partial charge in [-0.3, -0.25) is 0 Å². The highest BCUT2D eigenvalue weighted by atomic mass is 16.5. The van der Waals surface area contributed by atoms with E-state index in [9.17, 15) is 10.2 Å². The molecule has 0 radical (unpaired) electrons. The van der Waals surface area contributed by atoms with Crippen LogP contribution >= 0.6 is 0 Å². The molecule has 0 saturated heterocycles. The number of fused-ring (bicyclic) bond motifs is 2. The van der Waals surface area contributed by atoms with Crippen LogP contribution in [-0.2, 0) is 12.8 Å². The molecule has 26 heavy (non-hydrogen) atoms. The summed E-state index contributed by atoms with van der Waals surface area (Å²) in [6.07, 6.45) is 2.53. The largest absolute Gasteiger partial charge is 0.508 e. The molecule has 0 spiro atoms. The van der Waals surface area contributed by atoms with Crippen LogP contribution in [-0.4, -0.2) is 29.5 Å². The second kappa shape index (κ2) is 6.01. The van der Waals surface area contributed by atoms with Crippen molar-refractivity contribution in [2.24, 2.45) is 0 Å². The predicted octanol–water partition coefficient (Wildman–Crippen LogP) is 3.93. The molecule has 0 fully saturated rings. The second-order valence-corrected chi connectivity index (χ2v) is 7.68. The van der Waals surface area contributed by atoms with Gasteiger partial charge in [-0.1, -0.05) is 6.07 Å². The smallest absolute Gasteiger partial charge is 0.132 e. The molecule has 0 aliphatic carbocycles. The molecule has 4 rings (SSSR count). The van der Waals surface area contributed by atoms with Crippen molar-refractivity contribution in [2.75, 3.05) is 13.7 Å². The summed E-state index contributed by atoms with van der Waals surface area (Å²) < 4.78 is 17.9. The molecule has 138 valence electrons. The first-order valence-electron chi connectivity index (χ1n) is 8.94. The molecule has 2 heterocycles. The lowest BCUT2D eigenvalue weighted by molar-refractivity contribution is 0.0826. The quantitative estimate of drug-likeness (QED) is 0.853. The van der Waals surface area contributed by atoms with Gasteiger partial charge in [0.15, 0.2) is 0 Å². The number of hydrogen-bond acceptors (Lipinski definition) is 5. The van der Waals surface area contributed by atoms with E-state index in [2.05, 4.69) is 13.8 Å². The van der Waals surface area contributed by atoms with E-state index in [0.29, 0.717) is 13.0 Å². The minimum Gasteiger partial charge on any atom is -0.508 e. The Kier molecular flexibility index (Phi) is 3.90. The van der Waals surface area contributed by atoms with E-state index in [0.717, 1.165) is 46.8 Å². The van der Waals surface area contributed by atoms with Gasteiger partial charge in [-0.15, -0.1) is 0 Å². The zero-order valence-corrected chi connectivity index (χ0v) is 15.3. The van der Waals surface area contributed by atoms with Gasteiger partial charge < -0.3 is 24.4 Å². The van der Waals surface area contributed by atoms with Crippen LogP contribution in [0.1, 0.15) is 42.9 Å². The first kappa shape index (κ1) is 16.9. The maximum absolute atomic E-state index is 10.2. The zero-order chi connectivity index (χ0) is 18.5. The normalized spacial score (nSPS) is 20.3. The second-order valence-electron chi connectivity index (χ2n) is 7.68. The fourth-order valence-electron chi connectivity index (χ4n) is 3.94. The molecule has 1 unspecified atom stereocenters. The van der Waals surface area contributed by atoms with E-state index in [1.165, 1.54) is 6.07 Å². The molecule has 5 nitrogen and oxygen atoms in total. The van der Waals surface area contributed by atoms with Gasteiger partial charge in [-0.05, 0) is 39.2 Å². The third kappa shape index (κ3) is 2.81. The van der Waals surface area contributed by atoms with Crippen molar-refractivity contribution >= 4 is 0 Å². The molecule has 2 aromatic carbocycles. The summed E-state index contributed by atoms with van der Waals surface area (Å²) in [5, 5.41) is 19.7. The van der Waals surface area contributed by atoms with E-state index in [-0.39, 0.29) is 23.0 Å². The van der Waals surface area contributed by atoms with Gasteiger partial charge in [0.25, 0.3) is 0 Å². The van der Waals surface area contributed by atoms with Crippen LogP contribution in [0.3, 0.4) is 0 Å². The van der Waals surface area contributed by atoms with E-state index >= 15 is 0 Å². The van der Waals surface area contributed by atoms with Crippen molar-refractivity contribution in [3.05, 3.63) is 41.0 Å². The highest BCUT2D eigenvalue weighted by molar-refractivity contribution is 5.60. The highest BCUT2D eigenvalue weighted by Crippen LogP contribution is 2.48. The minimum atomic E-state index is -0.193. The average Bonchev–Trinajstić information content (AvgIpc) is 2.58. The summed E-state index contributed by atoms with van der Waals surface area (Å²) in [5.74, 6) is 2.58. The SMILES string of the molecule is COc1c2c(cc3c1CCC(C)(C)O3)OCC(c1ccc(O)cc1O)C2. The summed E-state index contributed by atoms with van der Waals surface area (Å²) >= 11 is 0. The Morgan fingerprint density at radius 1 is 1.12 bits per heavy atom. The van der Waals surface area contributed by atoms with Crippen LogP contribution in [0.25, 0.3) is 0 Å². The number of hydrogen-bond donors (Lipinski definition) is 2. The Labute approximate surface area is 153 Å². The van der Waals surface area contributed by atoms with Crippen molar-refractivity contribution < 1.29 is 24.4 Å². The minimum absolute atomic E-state index is 0.00370. The lowest BCUT2D eigenvalue weighted by atomic mass is 9.86. The fourth-order valence-corrected chi connectivity index (χ4v) is 3.94. The Hall–Kier alpha value is -2.56. The molecular weight excluding hydrogens is 332 g/mol. The molecule has 2 aliphatic rings. The number of benzene rings is 2. The van der Waals surface area contributed by atoms with Gasteiger partial charge in [0, 0.05) is 34.7 Å². The predicted molar refractivity (Wildman–Crippen MR) is 97.7 cm³/mol. The van der Waals surface area contributed by atoms with Crippen LogP contribution in [0.5, 0.6) is 28.7 Å². The molecule has 2 aromatic rings. The summed E-state index contributed by atoms with van der Waals surface area (Å²) in [5.41, 5.74) is 2.68. The number of rotatable bonds is 2. The summed E-state index contributed by atoms with van der Waals surface area (Å²) in [6.45, 7) is 4.63. The van der Waals surface area contributed by atoms with Crippen molar-refractivity contribution in [1.29, 1.82) is 0 Å². The van der Waals surface area contributed by atoms with E-state index < -0.39 is 0 Å². The number of methoxy groups -OCH3 is 1. The summed E-state index contributed by atoms with van der Waals surface area (Å²) in [4.78, 5) is 0. The topological polar surface area (TPSA) is 68.2 Å². The van der Waals surface area contributed by atoms with Gasteiger partial charge >= 0.3 is 0 Å². The van der Waals surface area contributed by atoms with Crippen molar-refractivity contribution in [3.8, 4) is 28.7 Å². The number of phenolic OH excluding ortho intramolecular Hbond substituents is 2. The summed E-state index contributed by atoms with van der Waals surface area (Å²) in [7, 11) is 1.68. The lowest BCUT2D eigenvalue weighted by Crippen LogP contribution is -2.33. The van der Waals surface area contributed by atoms with Crippen LogP contribution in [0.4, 0.5) is 0 Å². The molecule has 5 heteroatoms. The van der Waals surface area contributed by atoms with E-state index in [1.54, 1.807) is 19.2 Å². The molecule has 2 N–H and O–H groups in total. The first-order chi connectivity index (χ1) is 12.4. The lowest BCUT2D eigenvalue weighted by Gasteiger charge is -2.36. The molecule has 0 amide bonds. The molecule has 0 saturated carbocycles. The summed E-state index contributed by atoms with van der Waals surface area (Å²) in [6, 6.07) is 6.68. The van der Waals surface area contributed by atoms with Crippen LogP contribution in [0, 0.1) is 0 Å². The molecule has 1 atom stereocenters. The van der Waals surface area contributed by atoms with Gasteiger partial charge in [0.1, 0.15) is 34.3 Å². The van der Waals surface area contributed by atoms with E-state index in [4.69, 9.17) is 14.2 Å².